The molecule has 0 radical (unpaired) electrons. The first kappa shape index (κ1) is 77.9. The number of aliphatic hydroxyl groups excluding tert-OH is 1. The van der Waals surface area contributed by atoms with Gasteiger partial charge in [0.25, 0.3) is 0 Å². The summed E-state index contributed by atoms with van der Waals surface area (Å²) < 4.78 is 18.7. The quantitative estimate of drug-likeness (QED) is 0.0553. The fraction of sp³-hybridized carbons (Fsp3) is 0.333. The third kappa shape index (κ3) is 17.9. The van der Waals surface area contributed by atoms with Gasteiger partial charge in [0.1, 0.15) is 88.6 Å². The van der Waals surface area contributed by atoms with E-state index in [1.54, 1.807) is 0 Å². The zero-order chi connectivity index (χ0) is 77.5. The minimum Gasteiger partial charge on any atom is -0.508 e. The molecule has 13 rings (SSSR count). The van der Waals surface area contributed by atoms with Crippen LogP contribution in [0.1, 0.15) is 113 Å². The molecule has 6 heterocycles. The SMILES string of the molecule is CN(C)CCCNC(=O)C(N)CCCCNCc1c(O)cc2c(c1O)-c1cc(ccc1O)[C@@H]1NC(=O)[C@H]3NC(=O)[C@H]4NC(=O)[C@H](Cc5ccc(c(Cl)c5)Oc5cc3cc(c5O)Oc3ccc(cc3Cl)C(O)[C@H](NC1=O)C(=O)N[C@@H]2C(=O)NCCCN(C)C)NC(=O)[C@@H](N)c1ccc(O)c(c1)Oc1cc(O)cc4c1. The number of carbonyl (C=O) groups excluding carboxylic acids is 8. The largest absolute Gasteiger partial charge is 0.508 e. The summed E-state index contributed by atoms with van der Waals surface area (Å²) in [5, 5.41) is 108. The Labute approximate surface area is 629 Å². The second-order valence-corrected chi connectivity index (χ2v) is 28.0. The Morgan fingerprint density at radius 2 is 1.14 bits per heavy atom. The van der Waals surface area contributed by atoms with Gasteiger partial charge < -0.3 is 119 Å². The average Bonchev–Trinajstić information content (AvgIpc) is 0.757. The Morgan fingerprint density at radius 1 is 0.546 bits per heavy atom. The Morgan fingerprint density at radius 3 is 1.81 bits per heavy atom. The van der Waals surface area contributed by atoms with Crippen LogP contribution in [-0.2, 0) is 51.3 Å². The van der Waals surface area contributed by atoms with Crippen LogP contribution in [0.15, 0.2) is 109 Å². The zero-order valence-electron chi connectivity index (χ0n) is 59.0. The van der Waals surface area contributed by atoms with Crippen LogP contribution in [0.3, 0.4) is 0 Å². The Balaban J connectivity index is 1.06. The summed E-state index contributed by atoms with van der Waals surface area (Å²) in [5.41, 5.74) is 10.9. The van der Waals surface area contributed by atoms with E-state index in [4.69, 9.17) is 48.9 Å². The molecule has 33 heteroatoms. The van der Waals surface area contributed by atoms with Crippen molar-refractivity contribution in [2.24, 2.45) is 11.5 Å². The summed E-state index contributed by atoms with van der Waals surface area (Å²) in [6.07, 6.45) is -0.0804. The van der Waals surface area contributed by atoms with Crippen LogP contribution in [0.4, 0.5) is 0 Å². The second kappa shape index (κ2) is 33.7. The summed E-state index contributed by atoms with van der Waals surface area (Å²) in [5.74, 6) is -14.0. The first-order valence-corrected chi connectivity index (χ1v) is 35.4. The molecule has 0 saturated carbocycles. The lowest BCUT2D eigenvalue weighted by molar-refractivity contribution is -0.137. The van der Waals surface area contributed by atoms with Crippen molar-refractivity contribution in [3.8, 4) is 80.1 Å². The summed E-state index contributed by atoms with van der Waals surface area (Å²) in [4.78, 5) is 124. The molecule has 9 atom stereocenters. The van der Waals surface area contributed by atoms with Crippen LogP contribution < -0.4 is 73.5 Å². The highest BCUT2D eigenvalue weighted by Crippen LogP contribution is 2.49. The molecule has 0 spiro atoms. The van der Waals surface area contributed by atoms with Gasteiger partial charge in [-0.05, 0) is 191 Å². The van der Waals surface area contributed by atoms with Crippen molar-refractivity contribution in [2.45, 2.75) is 99.5 Å². The lowest BCUT2D eigenvalue weighted by atomic mass is 9.87. The van der Waals surface area contributed by atoms with Crippen LogP contribution in [0.2, 0.25) is 10.0 Å². The summed E-state index contributed by atoms with van der Waals surface area (Å²) in [6, 6.07) is 7.46. The molecule has 0 fully saturated rings. The number of phenolic OH excluding ortho intramolecular Hbond substituents is 6. The van der Waals surface area contributed by atoms with E-state index in [-0.39, 0.29) is 115 Å². The van der Waals surface area contributed by atoms with Gasteiger partial charge in [-0.1, -0.05) is 53.9 Å². The number of rotatable bonds is 17. The molecule has 7 aromatic rings. The van der Waals surface area contributed by atoms with E-state index in [2.05, 4.69) is 47.9 Å². The van der Waals surface area contributed by atoms with Crippen LogP contribution in [-0.4, -0.2) is 172 Å². The number of nitrogens with zero attached hydrogens (tertiary/aromatic N) is 2. The fourth-order valence-electron chi connectivity index (χ4n) is 12.9. The molecule has 570 valence electrons. The van der Waals surface area contributed by atoms with Crippen LogP contribution in [0.5, 0.6) is 69.0 Å². The van der Waals surface area contributed by atoms with Crippen molar-refractivity contribution < 1.29 is 88.3 Å². The summed E-state index contributed by atoms with van der Waals surface area (Å²) in [6.45, 7) is 1.71. The van der Waals surface area contributed by atoms with Gasteiger partial charge in [0, 0.05) is 43.2 Å². The Hall–Kier alpha value is -11.2. The molecule has 17 bridgehead atoms. The smallest absolute Gasteiger partial charge is 0.248 e. The standard InChI is InChI=1S/C75H83Cl2N13O18/c1-89(2)21-7-19-81-68(98)48(78)9-5-6-18-80-34-45-52(94)33-44-58(66(45)96)43-27-37(12-14-50(43)92)60-72(102)88-64(75(105)87-63(44)71(101)82-20-8-22-90(3)4)65(95)38-13-17-54(47(77)28-38)108-57-31-40-30-56(67(57)97)107-53-16-10-35(23-46(53)76)24-49-69(99)84-61(73(103)86-62(40)74(104)85-60)39-25-41(91)32-42(26-39)106-55-29-36(11-15-51(55)93)59(79)70(100)83-49/h10-17,23,25-33,48-49,59-65,80,91-97H,5-9,18-22,24,34,78-79H2,1-4H3,(H,81,98)(H,82,101)(H,83,100)(H,84,99)(H,85,104)(H,86,103)(H,87,105)(H,88,102)/t48?,49-,59-,60-,61-,62-,63-,64-,65?/m0/s1. The molecule has 108 heavy (non-hydrogen) atoms. The Kier molecular flexibility index (Phi) is 24.3. The van der Waals surface area contributed by atoms with Crippen molar-refractivity contribution in [3.05, 3.63) is 164 Å². The topological polar surface area (TPSA) is 473 Å². The number of ether oxygens (including phenoxy) is 3. The first-order chi connectivity index (χ1) is 51.5. The number of phenols is 6. The maximum absolute atomic E-state index is 16.1. The fourth-order valence-corrected chi connectivity index (χ4v) is 13.4. The lowest BCUT2D eigenvalue weighted by Crippen LogP contribution is -2.56. The van der Waals surface area contributed by atoms with Gasteiger partial charge in [-0.15, -0.1) is 0 Å². The van der Waals surface area contributed by atoms with Crippen LogP contribution in [0.25, 0.3) is 11.1 Å². The molecule has 7 aromatic carbocycles. The number of benzene rings is 7. The van der Waals surface area contributed by atoms with Crippen LogP contribution in [0, 0.1) is 0 Å². The van der Waals surface area contributed by atoms with Crippen molar-refractivity contribution in [1.82, 2.24) is 57.7 Å². The maximum Gasteiger partial charge on any atom is 0.248 e. The summed E-state index contributed by atoms with van der Waals surface area (Å²) in [7, 11) is 7.48. The minimum atomic E-state index is -2.19. The zero-order valence-corrected chi connectivity index (χ0v) is 60.5. The number of nitrogens with two attached hydrogens (primary N) is 2. The number of hydrogen-bond acceptors (Lipinski definition) is 23. The third-order valence-electron chi connectivity index (χ3n) is 18.7. The van der Waals surface area contributed by atoms with Crippen molar-refractivity contribution >= 4 is 70.5 Å². The van der Waals surface area contributed by atoms with Gasteiger partial charge in [0.05, 0.1) is 21.7 Å². The molecule has 20 N–H and O–H groups in total. The van der Waals surface area contributed by atoms with Gasteiger partial charge in [-0.25, -0.2) is 0 Å². The molecule has 8 amide bonds. The van der Waals surface area contributed by atoms with Gasteiger partial charge in [0.15, 0.2) is 23.0 Å². The van der Waals surface area contributed by atoms with E-state index in [1.807, 2.05) is 38.0 Å². The average molecular weight is 1530 g/mol. The number of hydrogen-bond donors (Lipinski definition) is 18. The van der Waals surface area contributed by atoms with Crippen molar-refractivity contribution in [1.29, 1.82) is 0 Å². The summed E-state index contributed by atoms with van der Waals surface area (Å²) >= 11 is 13.9. The van der Waals surface area contributed by atoms with Gasteiger partial charge in [-0.3, -0.25) is 38.4 Å². The number of carbonyl (C=O) groups is 8. The molecule has 0 aliphatic carbocycles. The molecule has 31 nitrogen and oxygen atoms in total. The number of aromatic hydroxyl groups is 6. The van der Waals surface area contributed by atoms with Crippen molar-refractivity contribution in [3.63, 3.8) is 0 Å². The van der Waals surface area contributed by atoms with E-state index in [9.17, 15) is 50.1 Å². The van der Waals surface area contributed by atoms with E-state index in [0.29, 0.717) is 44.3 Å². The third-order valence-corrected chi connectivity index (χ3v) is 19.3. The number of halogens is 2. The predicted octanol–water partition coefficient (Wildman–Crippen LogP) is 4.62. The Bertz CT molecular complexity index is 4660. The van der Waals surface area contributed by atoms with E-state index in [1.165, 1.54) is 72.8 Å². The van der Waals surface area contributed by atoms with E-state index < -0.39 is 142 Å². The molecular formula is C75H83Cl2N13O18. The second-order valence-electron chi connectivity index (χ2n) is 27.2. The highest BCUT2D eigenvalue weighted by atomic mass is 35.5. The highest BCUT2D eigenvalue weighted by molar-refractivity contribution is 6.32. The maximum atomic E-state index is 16.1. The number of aliphatic hydroxyl groups is 1. The molecule has 6 aliphatic heterocycles. The molecule has 0 aromatic heterocycles. The number of fused-ring (bicyclic) bond motifs is 14. The monoisotopic (exact) mass is 1520 g/mol. The van der Waals surface area contributed by atoms with E-state index >= 15 is 24.0 Å². The normalized spacial score (nSPS) is 20.2. The number of amides is 8. The number of nitrogens with one attached hydrogen (secondary N) is 9. The first-order valence-electron chi connectivity index (χ1n) is 34.6. The van der Waals surface area contributed by atoms with E-state index in [0.717, 1.165) is 49.4 Å². The van der Waals surface area contributed by atoms with Gasteiger partial charge >= 0.3 is 0 Å². The van der Waals surface area contributed by atoms with Gasteiger partial charge in [0.2, 0.25) is 53.0 Å². The van der Waals surface area contributed by atoms with Crippen LogP contribution >= 0.6 is 23.2 Å². The van der Waals surface area contributed by atoms with Crippen molar-refractivity contribution in [2.75, 3.05) is 60.9 Å². The van der Waals surface area contributed by atoms with Gasteiger partial charge in [-0.2, -0.15) is 0 Å². The highest BCUT2D eigenvalue weighted by Gasteiger charge is 2.42. The predicted molar refractivity (Wildman–Crippen MR) is 393 cm³/mol. The molecular weight excluding hydrogens is 1440 g/mol. The number of unbranched alkanes of at least 4 members (excludes halogenated alkanes) is 1. The molecule has 2 unspecified atom stereocenters. The molecule has 0 saturated heterocycles. The molecule has 6 aliphatic rings. The lowest BCUT2D eigenvalue weighted by Gasteiger charge is -2.32. The minimum absolute atomic E-state index is 0.0143.